The highest BCUT2D eigenvalue weighted by Gasteiger charge is 2.02. The second kappa shape index (κ2) is 7.74. The fourth-order valence-corrected chi connectivity index (χ4v) is 2.84. The van der Waals surface area contributed by atoms with Gasteiger partial charge in [-0.05, 0) is 29.3 Å². The lowest BCUT2D eigenvalue weighted by molar-refractivity contribution is -0.116. The number of benzene rings is 2. The summed E-state index contributed by atoms with van der Waals surface area (Å²) in [6.07, 6.45) is 8.67. The number of fused-ring (bicyclic) bond motifs is 1. The maximum atomic E-state index is 12.0. The molecule has 4 aromatic rings. The Hall–Kier alpha value is -3.60. The highest BCUT2D eigenvalue weighted by molar-refractivity contribution is 5.92. The van der Waals surface area contributed by atoms with E-state index in [2.05, 4.69) is 22.4 Å². The number of rotatable bonds is 6. The summed E-state index contributed by atoms with van der Waals surface area (Å²) < 4.78 is 7.68. The van der Waals surface area contributed by atoms with Gasteiger partial charge in [-0.25, -0.2) is 4.98 Å². The quantitative estimate of drug-likeness (QED) is 0.531. The summed E-state index contributed by atoms with van der Waals surface area (Å²) in [4.78, 5) is 16.1. The molecular weight excluding hydrogens is 338 g/mol. The van der Waals surface area contributed by atoms with Crippen molar-refractivity contribution in [3.63, 3.8) is 0 Å². The van der Waals surface area contributed by atoms with E-state index in [0.29, 0.717) is 12.3 Å². The van der Waals surface area contributed by atoms with Crippen molar-refractivity contribution in [3.8, 4) is 0 Å². The molecular formula is C22H19N3O2. The van der Waals surface area contributed by atoms with Crippen LogP contribution in [0.4, 0.5) is 0 Å². The van der Waals surface area contributed by atoms with Gasteiger partial charge in [-0.2, -0.15) is 0 Å². The third-order valence-electron chi connectivity index (χ3n) is 4.26. The Morgan fingerprint density at radius 2 is 1.93 bits per heavy atom. The normalized spacial score (nSPS) is 11.3. The van der Waals surface area contributed by atoms with Gasteiger partial charge in [-0.15, -0.1) is 0 Å². The van der Waals surface area contributed by atoms with Crippen LogP contribution in [-0.2, 0) is 17.9 Å². The number of hydrogen-bond donors (Lipinski definition) is 1. The van der Waals surface area contributed by atoms with Gasteiger partial charge in [0, 0.05) is 36.9 Å². The number of nitrogens with one attached hydrogen (secondary N) is 1. The topological polar surface area (TPSA) is 60.1 Å². The third-order valence-corrected chi connectivity index (χ3v) is 4.26. The van der Waals surface area contributed by atoms with Gasteiger partial charge in [0.15, 0.2) is 0 Å². The van der Waals surface area contributed by atoms with Crippen LogP contribution in [0.3, 0.4) is 0 Å². The predicted molar refractivity (Wildman–Crippen MR) is 105 cm³/mol. The molecule has 0 aliphatic heterocycles. The van der Waals surface area contributed by atoms with Crippen LogP contribution in [0.5, 0.6) is 0 Å². The van der Waals surface area contributed by atoms with Crippen molar-refractivity contribution >= 4 is 23.0 Å². The Morgan fingerprint density at radius 1 is 1.11 bits per heavy atom. The van der Waals surface area contributed by atoms with Crippen molar-refractivity contribution in [1.29, 1.82) is 0 Å². The highest BCUT2D eigenvalue weighted by atomic mass is 16.3. The first-order valence-corrected chi connectivity index (χ1v) is 8.74. The fourth-order valence-electron chi connectivity index (χ4n) is 2.84. The molecule has 134 valence electrons. The van der Waals surface area contributed by atoms with Gasteiger partial charge in [0.05, 0.1) is 6.33 Å². The molecule has 27 heavy (non-hydrogen) atoms. The fraction of sp³-hybridized carbons (Fsp3) is 0.0909. The van der Waals surface area contributed by atoms with Crippen LogP contribution in [0.15, 0.2) is 83.8 Å². The number of hydrogen-bond acceptors (Lipinski definition) is 3. The van der Waals surface area contributed by atoms with Gasteiger partial charge in [0.2, 0.25) is 5.91 Å². The van der Waals surface area contributed by atoms with Crippen molar-refractivity contribution in [3.05, 3.63) is 96.3 Å². The van der Waals surface area contributed by atoms with E-state index in [1.54, 1.807) is 18.6 Å². The molecule has 5 nitrogen and oxygen atoms in total. The predicted octanol–water partition coefficient (Wildman–Crippen LogP) is 4.01. The summed E-state index contributed by atoms with van der Waals surface area (Å²) >= 11 is 0. The van der Waals surface area contributed by atoms with Gasteiger partial charge >= 0.3 is 0 Å². The molecule has 1 N–H and O–H groups in total. The SMILES string of the molecule is O=C(/C=C/c1cc2ccccc2o1)NCc1ccc(Cn2ccnc2)cc1. The summed E-state index contributed by atoms with van der Waals surface area (Å²) in [5, 5.41) is 3.91. The minimum atomic E-state index is -0.155. The molecule has 0 unspecified atom stereocenters. The van der Waals surface area contributed by atoms with Crippen molar-refractivity contribution in [2.45, 2.75) is 13.1 Å². The maximum absolute atomic E-state index is 12.0. The molecule has 0 spiro atoms. The molecule has 2 heterocycles. The van der Waals surface area contributed by atoms with E-state index in [1.165, 1.54) is 11.6 Å². The number of imidazole rings is 1. The van der Waals surface area contributed by atoms with Crippen LogP contribution in [0, 0.1) is 0 Å². The van der Waals surface area contributed by atoms with Gasteiger partial charge in [0.25, 0.3) is 0 Å². The highest BCUT2D eigenvalue weighted by Crippen LogP contribution is 2.19. The molecule has 0 aliphatic rings. The lowest BCUT2D eigenvalue weighted by Crippen LogP contribution is -2.20. The molecule has 0 saturated heterocycles. The molecule has 2 aromatic heterocycles. The van der Waals surface area contributed by atoms with Crippen molar-refractivity contribution in [2.75, 3.05) is 0 Å². The van der Waals surface area contributed by atoms with Crippen LogP contribution >= 0.6 is 0 Å². The van der Waals surface area contributed by atoms with Crippen molar-refractivity contribution in [1.82, 2.24) is 14.9 Å². The molecule has 0 radical (unpaired) electrons. The van der Waals surface area contributed by atoms with Crippen LogP contribution in [0.2, 0.25) is 0 Å². The zero-order chi connectivity index (χ0) is 18.5. The van der Waals surface area contributed by atoms with E-state index in [0.717, 1.165) is 23.1 Å². The van der Waals surface area contributed by atoms with E-state index in [4.69, 9.17) is 4.42 Å². The molecule has 4 rings (SSSR count). The van der Waals surface area contributed by atoms with Gasteiger partial charge < -0.3 is 14.3 Å². The number of nitrogens with zero attached hydrogens (tertiary/aromatic N) is 2. The lowest BCUT2D eigenvalue weighted by atomic mass is 10.1. The molecule has 2 aromatic carbocycles. The largest absolute Gasteiger partial charge is 0.457 e. The zero-order valence-corrected chi connectivity index (χ0v) is 14.7. The lowest BCUT2D eigenvalue weighted by Gasteiger charge is -2.06. The second-order valence-corrected chi connectivity index (χ2v) is 6.29. The molecule has 0 aliphatic carbocycles. The smallest absolute Gasteiger partial charge is 0.244 e. The maximum Gasteiger partial charge on any atom is 0.244 e. The minimum Gasteiger partial charge on any atom is -0.457 e. The zero-order valence-electron chi connectivity index (χ0n) is 14.7. The summed E-state index contributed by atoms with van der Waals surface area (Å²) in [6.45, 7) is 1.27. The van der Waals surface area contributed by atoms with Crippen molar-refractivity contribution < 1.29 is 9.21 Å². The Kier molecular flexibility index (Phi) is 4.83. The average Bonchev–Trinajstić information content (AvgIpc) is 3.35. The Morgan fingerprint density at radius 3 is 2.70 bits per heavy atom. The van der Waals surface area contributed by atoms with E-state index in [-0.39, 0.29) is 5.91 Å². The standard InChI is InChI=1S/C22H19N3O2/c26-22(10-9-20-13-19-3-1-2-4-21(19)27-20)24-14-17-5-7-18(8-6-17)15-25-12-11-23-16-25/h1-13,16H,14-15H2,(H,24,26)/b10-9+. The van der Waals surface area contributed by atoms with E-state index >= 15 is 0 Å². The first kappa shape index (κ1) is 16.8. The number of amides is 1. The summed E-state index contributed by atoms with van der Waals surface area (Å²) in [7, 11) is 0. The second-order valence-electron chi connectivity index (χ2n) is 6.29. The number of para-hydroxylation sites is 1. The number of carbonyl (C=O) groups excluding carboxylic acids is 1. The number of furan rings is 1. The van der Waals surface area contributed by atoms with Crippen LogP contribution < -0.4 is 5.32 Å². The number of carbonyl (C=O) groups is 1. The Labute approximate surface area is 157 Å². The van der Waals surface area contributed by atoms with E-state index in [9.17, 15) is 4.79 Å². The average molecular weight is 357 g/mol. The van der Waals surface area contributed by atoms with Crippen LogP contribution in [0.25, 0.3) is 17.0 Å². The van der Waals surface area contributed by atoms with E-state index < -0.39 is 0 Å². The van der Waals surface area contributed by atoms with Gasteiger partial charge in [-0.1, -0.05) is 42.5 Å². The monoisotopic (exact) mass is 357 g/mol. The Bertz CT molecular complexity index is 1030. The van der Waals surface area contributed by atoms with Crippen LogP contribution in [0.1, 0.15) is 16.9 Å². The van der Waals surface area contributed by atoms with E-state index in [1.807, 2.05) is 53.2 Å². The molecule has 0 saturated carbocycles. The summed E-state index contributed by atoms with van der Waals surface area (Å²) in [5.74, 6) is 0.508. The molecule has 0 atom stereocenters. The first-order valence-electron chi connectivity index (χ1n) is 8.74. The number of aromatic nitrogens is 2. The molecule has 0 fully saturated rings. The first-order chi connectivity index (χ1) is 13.3. The summed E-state index contributed by atoms with van der Waals surface area (Å²) in [5.41, 5.74) is 3.05. The molecule has 0 bridgehead atoms. The van der Waals surface area contributed by atoms with Crippen molar-refractivity contribution in [2.24, 2.45) is 0 Å². The summed E-state index contributed by atoms with van der Waals surface area (Å²) in [6, 6.07) is 17.8. The molecule has 5 heteroatoms. The van der Waals surface area contributed by atoms with Gasteiger partial charge in [0.1, 0.15) is 11.3 Å². The minimum absolute atomic E-state index is 0.155. The third kappa shape index (κ3) is 4.33. The molecule has 1 amide bonds. The Balaban J connectivity index is 1.30. The van der Waals surface area contributed by atoms with Gasteiger partial charge in [-0.3, -0.25) is 4.79 Å². The van der Waals surface area contributed by atoms with Crippen LogP contribution in [-0.4, -0.2) is 15.5 Å².